The van der Waals surface area contributed by atoms with Crippen LogP contribution in [0.5, 0.6) is 0 Å². The summed E-state index contributed by atoms with van der Waals surface area (Å²) in [6.45, 7) is 1.70. The normalized spacial score (nSPS) is 17.8. The third-order valence-corrected chi connectivity index (χ3v) is 5.22. The summed E-state index contributed by atoms with van der Waals surface area (Å²) < 4.78 is 55.6. The molecule has 146 valence electrons. The van der Waals surface area contributed by atoms with Gasteiger partial charge in [-0.2, -0.15) is 5.10 Å². The van der Waals surface area contributed by atoms with Crippen LogP contribution in [0.3, 0.4) is 0 Å². The molecule has 0 unspecified atom stereocenters. The topological polar surface area (TPSA) is 31.9 Å². The van der Waals surface area contributed by atoms with Crippen molar-refractivity contribution in [3.05, 3.63) is 77.1 Å². The first-order valence-electron chi connectivity index (χ1n) is 9.17. The Labute approximate surface area is 160 Å². The van der Waals surface area contributed by atoms with Crippen LogP contribution in [-0.2, 0) is 6.54 Å². The Balaban J connectivity index is 1.57. The Kier molecular flexibility index (Phi) is 5.17. The van der Waals surface area contributed by atoms with E-state index in [-0.39, 0.29) is 11.5 Å². The number of piperidine rings is 1. The van der Waals surface area contributed by atoms with E-state index in [1.54, 1.807) is 0 Å². The lowest BCUT2D eigenvalue weighted by atomic mass is 9.90. The molecular formula is C21H19F4N3. The number of nitrogens with zero attached hydrogens (tertiary/aromatic N) is 2. The largest absolute Gasteiger partial charge is 0.298 e. The lowest BCUT2D eigenvalue weighted by molar-refractivity contribution is 0.196. The molecule has 0 amide bonds. The minimum atomic E-state index is -0.635. The maximum absolute atomic E-state index is 14.2. The van der Waals surface area contributed by atoms with E-state index in [0.717, 1.165) is 25.5 Å². The zero-order chi connectivity index (χ0) is 19.7. The zero-order valence-corrected chi connectivity index (χ0v) is 15.1. The van der Waals surface area contributed by atoms with E-state index in [1.165, 1.54) is 36.5 Å². The van der Waals surface area contributed by atoms with Gasteiger partial charge in [0.05, 0.1) is 11.8 Å². The molecule has 0 spiro atoms. The number of hydrogen-bond donors (Lipinski definition) is 1. The lowest BCUT2D eigenvalue weighted by Gasteiger charge is -2.32. The molecule has 3 nitrogen and oxygen atoms in total. The van der Waals surface area contributed by atoms with Crippen molar-refractivity contribution in [2.75, 3.05) is 13.1 Å². The molecule has 28 heavy (non-hydrogen) atoms. The highest BCUT2D eigenvalue weighted by molar-refractivity contribution is 5.67. The lowest BCUT2D eigenvalue weighted by Crippen LogP contribution is -2.34. The van der Waals surface area contributed by atoms with E-state index in [1.807, 2.05) is 0 Å². The van der Waals surface area contributed by atoms with Gasteiger partial charge in [0.15, 0.2) is 0 Å². The average Bonchev–Trinajstić information content (AvgIpc) is 3.14. The Morgan fingerprint density at radius 1 is 1.04 bits per heavy atom. The number of halogens is 4. The van der Waals surface area contributed by atoms with Crippen LogP contribution >= 0.6 is 0 Å². The summed E-state index contributed by atoms with van der Waals surface area (Å²) in [5, 5.41) is 6.91. The molecule has 1 fully saturated rings. The predicted molar refractivity (Wildman–Crippen MR) is 97.5 cm³/mol. The molecule has 2 heterocycles. The molecule has 2 aromatic carbocycles. The van der Waals surface area contributed by atoms with E-state index >= 15 is 0 Å². The number of likely N-dealkylation sites (tertiary alicyclic amines) is 1. The van der Waals surface area contributed by atoms with Crippen molar-refractivity contribution >= 4 is 0 Å². The number of aromatic amines is 1. The van der Waals surface area contributed by atoms with E-state index in [0.29, 0.717) is 29.9 Å². The van der Waals surface area contributed by atoms with Crippen LogP contribution in [0.1, 0.15) is 30.0 Å². The van der Waals surface area contributed by atoms with Gasteiger partial charge in [-0.1, -0.05) is 12.1 Å². The fraction of sp³-hybridized carbons (Fsp3) is 0.286. The van der Waals surface area contributed by atoms with Crippen molar-refractivity contribution < 1.29 is 17.6 Å². The van der Waals surface area contributed by atoms with E-state index in [2.05, 4.69) is 15.1 Å². The van der Waals surface area contributed by atoms with E-state index in [4.69, 9.17) is 0 Å². The summed E-state index contributed by atoms with van der Waals surface area (Å²) in [5.41, 5.74) is 1.42. The molecule has 1 aliphatic heterocycles. The first-order chi connectivity index (χ1) is 13.5. The molecule has 0 aliphatic carbocycles. The molecular weight excluding hydrogens is 370 g/mol. The molecule has 4 rings (SSSR count). The maximum atomic E-state index is 14.2. The minimum absolute atomic E-state index is 0.0197. The maximum Gasteiger partial charge on any atom is 0.134 e. The van der Waals surface area contributed by atoms with Gasteiger partial charge in [0, 0.05) is 41.9 Å². The Morgan fingerprint density at radius 2 is 1.82 bits per heavy atom. The molecule has 0 bridgehead atoms. The molecule has 7 heteroatoms. The second-order valence-corrected chi connectivity index (χ2v) is 7.10. The summed E-state index contributed by atoms with van der Waals surface area (Å²) >= 11 is 0. The zero-order valence-electron chi connectivity index (χ0n) is 15.1. The van der Waals surface area contributed by atoms with Gasteiger partial charge < -0.3 is 0 Å². The van der Waals surface area contributed by atoms with Crippen LogP contribution in [0.4, 0.5) is 17.6 Å². The van der Waals surface area contributed by atoms with Crippen molar-refractivity contribution in [1.82, 2.24) is 15.1 Å². The number of benzene rings is 2. The molecule has 1 N–H and O–H groups in total. The van der Waals surface area contributed by atoms with Crippen LogP contribution in [0.2, 0.25) is 0 Å². The Morgan fingerprint density at radius 3 is 2.57 bits per heavy atom. The standard InChI is InChI=1S/C21H19F4N3/c22-15-7-6-13(19(25)9-15)11-28-8-2-3-14(12-28)21-16(10-26-27-21)20-17(23)4-1-5-18(20)24/h1,4-7,9-10,14H,2-3,8,11-12H2,(H,26,27)/t14-/m0/s1. The van der Waals surface area contributed by atoms with Gasteiger partial charge in [-0.15, -0.1) is 0 Å². The van der Waals surface area contributed by atoms with Crippen molar-refractivity contribution in [3.63, 3.8) is 0 Å². The molecule has 1 aliphatic rings. The van der Waals surface area contributed by atoms with Gasteiger partial charge in [0.25, 0.3) is 0 Å². The summed E-state index contributed by atoms with van der Waals surface area (Å²) in [6.07, 6.45) is 3.12. The average molecular weight is 389 g/mol. The highest BCUT2D eigenvalue weighted by atomic mass is 19.1. The number of hydrogen-bond acceptors (Lipinski definition) is 2. The van der Waals surface area contributed by atoms with Crippen LogP contribution in [0.25, 0.3) is 11.1 Å². The van der Waals surface area contributed by atoms with Gasteiger partial charge in [-0.3, -0.25) is 10.00 Å². The molecule has 1 atom stereocenters. The van der Waals surface area contributed by atoms with Crippen LogP contribution in [-0.4, -0.2) is 28.2 Å². The molecule has 3 aromatic rings. The molecule has 0 saturated carbocycles. The number of aromatic nitrogens is 2. The van der Waals surface area contributed by atoms with Crippen LogP contribution < -0.4 is 0 Å². The van der Waals surface area contributed by atoms with Crippen molar-refractivity contribution in [2.45, 2.75) is 25.3 Å². The molecule has 1 aromatic heterocycles. The fourth-order valence-electron chi connectivity index (χ4n) is 3.89. The summed E-state index contributed by atoms with van der Waals surface area (Å²) in [5.74, 6) is -2.47. The predicted octanol–water partition coefficient (Wildman–Crippen LogP) is 5.01. The van der Waals surface area contributed by atoms with Gasteiger partial charge >= 0.3 is 0 Å². The summed E-state index contributed by atoms with van der Waals surface area (Å²) in [7, 11) is 0. The van der Waals surface area contributed by atoms with E-state index < -0.39 is 23.3 Å². The monoisotopic (exact) mass is 389 g/mol. The summed E-state index contributed by atoms with van der Waals surface area (Å²) in [6, 6.07) is 7.34. The highest BCUT2D eigenvalue weighted by Crippen LogP contribution is 2.35. The third-order valence-electron chi connectivity index (χ3n) is 5.22. The number of rotatable bonds is 4. The van der Waals surface area contributed by atoms with Crippen molar-refractivity contribution in [3.8, 4) is 11.1 Å². The van der Waals surface area contributed by atoms with Gasteiger partial charge in [-0.25, -0.2) is 17.6 Å². The van der Waals surface area contributed by atoms with E-state index in [9.17, 15) is 17.6 Å². The SMILES string of the molecule is Fc1ccc(CN2CCC[C@H](c3[nH]ncc3-c3c(F)cccc3F)C2)c(F)c1. The number of H-pyrrole nitrogens is 1. The minimum Gasteiger partial charge on any atom is -0.298 e. The molecule has 1 saturated heterocycles. The van der Waals surface area contributed by atoms with Gasteiger partial charge in [0.1, 0.15) is 23.3 Å². The Bertz CT molecular complexity index is 965. The number of nitrogens with one attached hydrogen (secondary N) is 1. The van der Waals surface area contributed by atoms with Gasteiger partial charge in [-0.05, 0) is 37.6 Å². The highest BCUT2D eigenvalue weighted by Gasteiger charge is 2.27. The fourth-order valence-corrected chi connectivity index (χ4v) is 3.89. The summed E-state index contributed by atoms with van der Waals surface area (Å²) in [4.78, 5) is 2.06. The Hall–Kier alpha value is -2.67. The van der Waals surface area contributed by atoms with Crippen LogP contribution in [0, 0.1) is 23.3 Å². The second kappa shape index (κ2) is 7.75. The third kappa shape index (κ3) is 3.67. The van der Waals surface area contributed by atoms with Crippen LogP contribution in [0.15, 0.2) is 42.6 Å². The van der Waals surface area contributed by atoms with Crippen molar-refractivity contribution in [2.24, 2.45) is 0 Å². The quantitative estimate of drug-likeness (QED) is 0.636. The smallest absolute Gasteiger partial charge is 0.134 e. The molecule has 0 radical (unpaired) electrons. The first-order valence-corrected chi connectivity index (χ1v) is 9.17. The van der Waals surface area contributed by atoms with Gasteiger partial charge in [0.2, 0.25) is 0 Å². The second-order valence-electron chi connectivity index (χ2n) is 7.10. The first kappa shape index (κ1) is 18.7. The van der Waals surface area contributed by atoms with Crippen molar-refractivity contribution in [1.29, 1.82) is 0 Å².